The van der Waals surface area contributed by atoms with Crippen molar-refractivity contribution in [1.82, 2.24) is 0 Å². The molecule has 1 aromatic carbocycles. The van der Waals surface area contributed by atoms with Gasteiger partial charge in [0.15, 0.2) is 0 Å². The summed E-state index contributed by atoms with van der Waals surface area (Å²) in [4.78, 5) is 10.1. The number of hydrogen-bond acceptors (Lipinski definition) is 5. The fraction of sp³-hybridized carbons (Fsp3) is 0.500. The summed E-state index contributed by atoms with van der Waals surface area (Å²) in [6.45, 7) is 1.94. The monoisotopic (exact) mass is 270 g/mol. The predicted molar refractivity (Wildman–Crippen MR) is 71.7 cm³/mol. The summed E-state index contributed by atoms with van der Waals surface area (Å²) >= 11 is 0. The van der Waals surface area contributed by atoms with E-state index in [9.17, 15) is 9.90 Å². The summed E-state index contributed by atoms with van der Waals surface area (Å²) in [5.74, 6) is -0.601. The van der Waals surface area contributed by atoms with Gasteiger partial charge < -0.3 is 19.7 Å². The quantitative estimate of drug-likeness (QED) is 0.597. The van der Waals surface area contributed by atoms with E-state index >= 15 is 0 Å². The molecule has 5 heteroatoms. The zero-order valence-electron chi connectivity index (χ0n) is 11.6. The summed E-state index contributed by atoms with van der Waals surface area (Å²) < 4.78 is 8.67. The number of rotatable bonds is 6. The van der Waals surface area contributed by atoms with Crippen molar-refractivity contribution in [2.75, 3.05) is 20.8 Å². The van der Waals surface area contributed by atoms with E-state index in [1.165, 1.54) is 5.56 Å². The second-order valence-electron chi connectivity index (χ2n) is 3.92. The van der Waals surface area contributed by atoms with Crippen molar-refractivity contribution in [3.8, 4) is 0 Å². The van der Waals surface area contributed by atoms with Gasteiger partial charge in [-0.3, -0.25) is 4.79 Å². The molecule has 0 aliphatic heterocycles. The Balaban J connectivity index is 0.000000982. The van der Waals surface area contributed by atoms with Crippen LogP contribution < -0.4 is 0 Å². The second-order valence-corrected chi connectivity index (χ2v) is 3.92. The maximum absolute atomic E-state index is 10.1. The summed E-state index contributed by atoms with van der Waals surface area (Å²) in [5, 5.41) is 18.6. The number of methoxy groups -OCH3 is 1. The second kappa shape index (κ2) is 10.5. The molecule has 19 heavy (non-hydrogen) atoms. The fourth-order valence-electron chi connectivity index (χ4n) is 1.51. The van der Waals surface area contributed by atoms with Crippen LogP contribution in [0.3, 0.4) is 0 Å². The van der Waals surface area contributed by atoms with E-state index in [1.54, 1.807) is 14.2 Å². The highest BCUT2D eigenvalue weighted by Crippen LogP contribution is 2.20. The topological polar surface area (TPSA) is 76.0 Å². The van der Waals surface area contributed by atoms with Crippen LogP contribution in [0.2, 0.25) is 0 Å². The molecule has 0 heterocycles. The Bertz CT molecular complexity index is 336. The minimum Gasteiger partial charge on any atom is -0.437 e. The van der Waals surface area contributed by atoms with Crippen molar-refractivity contribution in [3.05, 3.63) is 35.4 Å². The molecule has 0 spiro atoms. The Morgan fingerprint density at radius 2 is 1.79 bits per heavy atom. The van der Waals surface area contributed by atoms with Crippen LogP contribution in [0, 0.1) is 0 Å². The summed E-state index contributed by atoms with van der Waals surface area (Å²) in [5.41, 5.74) is 1.92. The van der Waals surface area contributed by atoms with E-state index in [0.29, 0.717) is 0 Å². The standard InChI is InChI=1S/C12H16O4.C2H6O/c1-2-9-3-5-10(6-4-9)11(7-13)12(15)16-8-14;1-3-2/h3-6,8,11-13,15H,2,7H2,1H3;1-2H3. The molecule has 0 aromatic heterocycles. The molecule has 0 aliphatic carbocycles. The van der Waals surface area contributed by atoms with Gasteiger partial charge in [0.1, 0.15) is 0 Å². The number of benzene rings is 1. The lowest BCUT2D eigenvalue weighted by atomic mass is 9.98. The van der Waals surface area contributed by atoms with Crippen LogP contribution in [0.25, 0.3) is 0 Å². The van der Waals surface area contributed by atoms with Gasteiger partial charge in [0, 0.05) is 14.2 Å². The molecule has 0 saturated carbocycles. The fourth-order valence-corrected chi connectivity index (χ4v) is 1.51. The molecule has 2 unspecified atom stereocenters. The van der Waals surface area contributed by atoms with E-state index in [1.807, 2.05) is 31.2 Å². The highest BCUT2D eigenvalue weighted by atomic mass is 16.6. The van der Waals surface area contributed by atoms with E-state index in [4.69, 9.17) is 5.11 Å². The summed E-state index contributed by atoms with van der Waals surface area (Å²) in [7, 11) is 3.25. The van der Waals surface area contributed by atoms with Crippen molar-refractivity contribution >= 4 is 6.47 Å². The molecule has 1 rings (SSSR count). The SMILES string of the molecule is CCc1ccc(C(CO)C(O)OC=O)cc1.COC. The van der Waals surface area contributed by atoms with Crippen LogP contribution in [0.1, 0.15) is 24.0 Å². The molecule has 2 N–H and O–H groups in total. The largest absolute Gasteiger partial charge is 0.437 e. The number of ether oxygens (including phenoxy) is 2. The van der Waals surface area contributed by atoms with E-state index in [2.05, 4.69) is 9.47 Å². The Morgan fingerprint density at radius 1 is 1.26 bits per heavy atom. The van der Waals surface area contributed by atoms with Crippen molar-refractivity contribution in [1.29, 1.82) is 0 Å². The van der Waals surface area contributed by atoms with Crippen LogP contribution >= 0.6 is 0 Å². The maximum Gasteiger partial charge on any atom is 0.295 e. The molecule has 0 aliphatic rings. The van der Waals surface area contributed by atoms with Gasteiger partial charge >= 0.3 is 0 Å². The number of aryl methyl sites for hydroxylation is 1. The van der Waals surface area contributed by atoms with Crippen LogP contribution in [-0.2, 0) is 20.7 Å². The van der Waals surface area contributed by atoms with Gasteiger partial charge in [0.25, 0.3) is 6.47 Å². The van der Waals surface area contributed by atoms with Crippen molar-refractivity contribution in [2.45, 2.75) is 25.6 Å². The van der Waals surface area contributed by atoms with Gasteiger partial charge in [-0.2, -0.15) is 0 Å². The van der Waals surface area contributed by atoms with Gasteiger partial charge in [0.2, 0.25) is 6.29 Å². The Morgan fingerprint density at radius 3 is 2.16 bits per heavy atom. The minimum absolute atomic E-state index is 0.174. The Labute approximate surface area is 113 Å². The molecular formula is C14H22O5. The number of hydrogen-bond donors (Lipinski definition) is 2. The highest BCUT2D eigenvalue weighted by Gasteiger charge is 2.21. The van der Waals surface area contributed by atoms with Gasteiger partial charge in [-0.25, -0.2) is 0 Å². The third kappa shape index (κ3) is 6.33. The lowest BCUT2D eigenvalue weighted by molar-refractivity contribution is -0.157. The van der Waals surface area contributed by atoms with Crippen LogP contribution in [0.4, 0.5) is 0 Å². The molecule has 0 radical (unpaired) electrons. The average molecular weight is 270 g/mol. The smallest absolute Gasteiger partial charge is 0.295 e. The molecule has 5 nitrogen and oxygen atoms in total. The molecule has 0 saturated heterocycles. The van der Waals surface area contributed by atoms with Crippen LogP contribution in [0.5, 0.6) is 0 Å². The van der Waals surface area contributed by atoms with Crippen molar-refractivity contribution < 1.29 is 24.5 Å². The summed E-state index contributed by atoms with van der Waals surface area (Å²) in [6.07, 6.45) is -0.382. The van der Waals surface area contributed by atoms with E-state index in [0.717, 1.165) is 12.0 Å². The van der Waals surface area contributed by atoms with E-state index in [-0.39, 0.29) is 13.1 Å². The third-order valence-corrected chi connectivity index (χ3v) is 2.55. The van der Waals surface area contributed by atoms with E-state index < -0.39 is 12.2 Å². The molecule has 108 valence electrons. The first kappa shape index (κ1) is 17.6. The minimum atomic E-state index is -1.31. The molecular weight excluding hydrogens is 248 g/mol. The number of carbonyl (C=O) groups excluding carboxylic acids is 1. The Hall–Kier alpha value is -1.43. The molecule has 0 fully saturated rings. The molecule has 0 amide bonds. The van der Waals surface area contributed by atoms with Gasteiger partial charge in [-0.15, -0.1) is 0 Å². The lowest BCUT2D eigenvalue weighted by Gasteiger charge is -2.19. The number of aliphatic hydroxyl groups excluding tert-OH is 2. The molecule has 2 atom stereocenters. The first-order valence-electron chi connectivity index (χ1n) is 6.01. The average Bonchev–Trinajstić information content (AvgIpc) is 2.41. The van der Waals surface area contributed by atoms with Crippen molar-refractivity contribution in [3.63, 3.8) is 0 Å². The normalized spacial score (nSPS) is 12.9. The lowest BCUT2D eigenvalue weighted by Crippen LogP contribution is -2.24. The predicted octanol–water partition coefficient (Wildman–Crippen LogP) is 1.08. The number of carbonyl (C=O) groups is 1. The first-order valence-corrected chi connectivity index (χ1v) is 6.01. The van der Waals surface area contributed by atoms with Gasteiger partial charge in [-0.05, 0) is 17.5 Å². The molecule has 1 aromatic rings. The van der Waals surface area contributed by atoms with Crippen LogP contribution in [0.15, 0.2) is 24.3 Å². The Kier molecular flexibility index (Phi) is 9.70. The summed E-state index contributed by atoms with van der Waals surface area (Å²) in [6, 6.07) is 7.48. The maximum atomic E-state index is 10.1. The highest BCUT2D eigenvalue weighted by molar-refractivity contribution is 5.37. The van der Waals surface area contributed by atoms with Gasteiger partial charge in [-0.1, -0.05) is 31.2 Å². The van der Waals surface area contributed by atoms with Crippen LogP contribution in [-0.4, -0.2) is 43.8 Å². The van der Waals surface area contributed by atoms with Crippen molar-refractivity contribution in [2.24, 2.45) is 0 Å². The molecule has 0 bridgehead atoms. The number of aliphatic hydroxyl groups is 2. The van der Waals surface area contributed by atoms with Gasteiger partial charge in [0.05, 0.1) is 12.5 Å². The zero-order valence-corrected chi connectivity index (χ0v) is 11.6. The zero-order chi connectivity index (χ0) is 14.7. The third-order valence-electron chi connectivity index (χ3n) is 2.55. The first-order chi connectivity index (χ1) is 9.14.